The van der Waals surface area contributed by atoms with Gasteiger partial charge < -0.3 is 31.7 Å². The van der Waals surface area contributed by atoms with Gasteiger partial charge in [0.1, 0.15) is 17.3 Å². The Morgan fingerprint density at radius 3 is 1.40 bits per heavy atom. The van der Waals surface area contributed by atoms with E-state index in [2.05, 4.69) is 20.1 Å². The van der Waals surface area contributed by atoms with Crippen LogP contribution in [0.3, 0.4) is 0 Å². The summed E-state index contributed by atoms with van der Waals surface area (Å²) in [7, 11) is 1.00. The van der Waals surface area contributed by atoms with Gasteiger partial charge in [-0.15, -0.1) is 26.3 Å². The van der Waals surface area contributed by atoms with Gasteiger partial charge in [-0.25, -0.2) is 0 Å². The van der Waals surface area contributed by atoms with Crippen molar-refractivity contribution in [2.24, 2.45) is 10.8 Å². The largest absolute Gasteiger partial charge is 1.00 e. The van der Waals surface area contributed by atoms with Crippen LogP contribution in [0.15, 0.2) is 48.5 Å². The molecule has 2 rings (SSSR count). The van der Waals surface area contributed by atoms with Crippen LogP contribution in [0.5, 0.6) is 11.5 Å². The molecule has 0 saturated heterocycles. The van der Waals surface area contributed by atoms with E-state index in [0.717, 1.165) is 7.11 Å². The Morgan fingerprint density at radius 2 is 1.10 bits per heavy atom. The summed E-state index contributed by atoms with van der Waals surface area (Å²) in [4.78, 5) is 36.0. The van der Waals surface area contributed by atoms with Crippen molar-refractivity contribution in [3.8, 4) is 11.5 Å². The van der Waals surface area contributed by atoms with E-state index >= 15 is 0 Å². The summed E-state index contributed by atoms with van der Waals surface area (Å²) >= 11 is 0. The molecular formula is C35H51BF6N2NaO7. The van der Waals surface area contributed by atoms with Gasteiger partial charge in [0.2, 0.25) is 11.8 Å². The Kier molecular flexibility index (Phi) is 24.5. The van der Waals surface area contributed by atoms with Crippen molar-refractivity contribution in [2.75, 3.05) is 7.11 Å². The van der Waals surface area contributed by atoms with E-state index in [0.29, 0.717) is 24.0 Å². The molecule has 9 nitrogen and oxygen atoms in total. The third-order valence-corrected chi connectivity index (χ3v) is 7.01. The molecule has 1 unspecified atom stereocenters. The molecule has 0 aromatic heterocycles. The van der Waals surface area contributed by atoms with E-state index in [1.165, 1.54) is 36.4 Å². The number of hydrogen-bond acceptors (Lipinski definition) is 7. The molecule has 289 valence electrons. The molecular weight excluding hydrogens is 708 g/mol. The average molecular weight is 760 g/mol. The second-order valence-corrected chi connectivity index (χ2v) is 13.2. The van der Waals surface area contributed by atoms with Crippen LogP contribution in [0.2, 0.25) is 0 Å². The molecule has 4 N–H and O–H groups in total. The van der Waals surface area contributed by atoms with Crippen molar-refractivity contribution in [1.82, 2.24) is 10.6 Å². The van der Waals surface area contributed by atoms with Crippen molar-refractivity contribution in [1.29, 1.82) is 0 Å². The minimum atomic E-state index is -4.78. The second kappa shape index (κ2) is 23.8. The number of ketones is 1. The third-order valence-electron chi connectivity index (χ3n) is 7.01. The first-order chi connectivity index (χ1) is 22.8. The minimum absolute atomic E-state index is 0. The van der Waals surface area contributed by atoms with Gasteiger partial charge in [0, 0.05) is 20.9 Å². The summed E-state index contributed by atoms with van der Waals surface area (Å²) in [6.07, 6.45) is -9.73. The van der Waals surface area contributed by atoms with E-state index in [9.17, 15) is 45.8 Å². The number of nitrogens with one attached hydrogen (secondary N) is 2. The van der Waals surface area contributed by atoms with Crippen molar-refractivity contribution in [3.05, 3.63) is 59.7 Å². The summed E-state index contributed by atoms with van der Waals surface area (Å²) < 4.78 is 81.6. The maximum Gasteiger partial charge on any atom is 1.00 e. The number of carbonyl (C=O) groups is 3. The maximum absolute atomic E-state index is 12.3. The van der Waals surface area contributed by atoms with E-state index in [-0.39, 0.29) is 75.4 Å². The van der Waals surface area contributed by atoms with Crippen LogP contribution < -0.4 is 49.7 Å². The van der Waals surface area contributed by atoms with Crippen LogP contribution in [0.1, 0.15) is 106 Å². The zero-order chi connectivity index (χ0) is 39.1. The number of ether oxygens (including phenoxy) is 2. The standard InChI is InChI=1S/C17H24F3NO3.C17H22F3NO3.CH4O.B.Na.H/c2*1-5-13(21-15(23)10-14(22)16(2,3)4)11-7-6-8-12(9-11)24-17(18,19)20;1-2;;;/h6-9,13-14,22H,5,10H2,1-4H3,(H,21,23);6-9,13H,5,10H2,1-4H3,(H,21,23);2H,1H3;;;/q;;;;+1;-1/t13-,14?;13-;;;;/m00..../s1. The van der Waals surface area contributed by atoms with Gasteiger partial charge >= 0.3 is 42.3 Å². The van der Waals surface area contributed by atoms with Gasteiger partial charge in [0.25, 0.3) is 0 Å². The van der Waals surface area contributed by atoms with E-state index < -0.39 is 47.6 Å². The molecule has 2 amide bonds. The molecule has 2 aromatic carbocycles. The maximum atomic E-state index is 12.3. The molecule has 0 aliphatic rings. The zero-order valence-electron chi connectivity index (χ0n) is 32.5. The fraction of sp³-hybridized carbons (Fsp3) is 0.571. The van der Waals surface area contributed by atoms with Gasteiger partial charge in [0.15, 0.2) is 0 Å². The van der Waals surface area contributed by atoms with Crippen LogP contribution >= 0.6 is 0 Å². The monoisotopic (exact) mass is 759 g/mol. The topological polar surface area (TPSA) is 134 Å². The summed E-state index contributed by atoms with van der Waals surface area (Å²) in [5.41, 5.74) is -0.0624. The number of benzene rings is 2. The number of halogens is 6. The molecule has 0 aliphatic carbocycles. The first-order valence-corrected chi connectivity index (χ1v) is 15.8. The second-order valence-electron chi connectivity index (χ2n) is 13.2. The van der Waals surface area contributed by atoms with Crippen molar-refractivity contribution < 1.29 is 91.4 Å². The first kappa shape index (κ1) is 53.6. The molecule has 0 fully saturated rings. The van der Waals surface area contributed by atoms with Gasteiger partial charge in [-0.1, -0.05) is 79.7 Å². The van der Waals surface area contributed by atoms with Crippen molar-refractivity contribution in [3.63, 3.8) is 0 Å². The zero-order valence-corrected chi connectivity index (χ0v) is 33.5. The summed E-state index contributed by atoms with van der Waals surface area (Å²) in [5.74, 6) is -1.69. The van der Waals surface area contributed by atoms with Crippen LogP contribution in [0.4, 0.5) is 26.3 Å². The van der Waals surface area contributed by atoms with Crippen LogP contribution in [-0.4, -0.2) is 62.2 Å². The van der Waals surface area contributed by atoms with Crippen LogP contribution in [0, 0.1) is 10.8 Å². The predicted molar refractivity (Wildman–Crippen MR) is 183 cm³/mol. The SMILES string of the molecule is CC[C@H](NC(=O)CC(=O)C(C)(C)C)c1cccc(OC(F)(F)F)c1.CC[C@H](NC(=O)CC(O)C(C)(C)C)c1cccc(OC(F)(F)F)c1.CO.[B].[H-].[Na+]. The molecule has 0 heterocycles. The summed E-state index contributed by atoms with van der Waals surface area (Å²) in [6.45, 7) is 14.2. The fourth-order valence-electron chi connectivity index (χ4n) is 4.09. The fourth-order valence-corrected chi connectivity index (χ4v) is 4.09. The van der Waals surface area contributed by atoms with Crippen LogP contribution in [0.25, 0.3) is 0 Å². The molecule has 3 radical (unpaired) electrons. The van der Waals surface area contributed by atoms with Gasteiger partial charge in [0.05, 0.1) is 31.0 Å². The minimum Gasteiger partial charge on any atom is -1.00 e. The Labute approximate surface area is 328 Å². The van der Waals surface area contributed by atoms with Crippen LogP contribution in [-0.2, 0) is 14.4 Å². The molecule has 52 heavy (non-hydrogen) atoms. The number of aliphatic hydroxyl groups excluding tert-OH is 2. The van der Waals surface area contributed by atoms with Crippen molar-refractivity contribution in [2.45, 2.75) is 112 Å². The smallest absolute Gasteiger partial charge is 1.00 e. The average Bonchev–Trinajstić information content (AvgIpc) is 2.97. The Morgan fingerprint density at radius 1 is 0.731 bits per heavy atom. The van der Waals surface area contributed by atoms with Gasteiger partial charge in [-0.2, -0.15) is 0 Å². The first-order valence-electron chi connectivity index (χ1n) is 15.8. The van der Waals surface area contributed by atoms with Gasteiger partial charge in [-0.05, 0) is 53.6 Å². The molecule has 17 heteroatoms. The number of aliphatic hydroxyl groups is 2. The van der Waals surface area contributed by atoms with Gasteiger partial charge in [-0.3, -0.25) is 14.4 Å². The molecule has 2 aromatic rings. The number of rotatable bonds is 12. The number of hydrogen-bond donors (Lipinski definition) is 4. The Balaban J connectivity index is -0.000000410. The molecule has 0 bridgehead atoms. The quantitative estimate of drug-likeness (QED) is 0.143. The number of Topliss-reactive ketones (excluding diaryl/α,β-unsaturated/α-hetero) is 1. The predicted octanol–water partition coefficient (Wildman–Crippen LogP) is 4.45. The number of alkyl halides is 6. The molecule has 3 atom stereocenters. The van der Waals surface area contributed by atoms with E-state index in [4.69, 9.17) is 5.11 Å². The van der Waals surface area contributed by atoms with E-state index in [1.54, 1.807) is 39.8 Å². The molecule has 0 aliphatic heterocycles. The van der Waals surface area contributed by atoms with E-state index in [1.807, 2.05) is 27.7 Å². The summed E-state index contributed by atoms with van der Waals surface area (Å²) in [5, 5.41) is 22.4. The number of amides is 2. The Hall–Kier alpha value is -2.79. The van der Waals surface area contributed by atoms with Crippen molar-refractivity contribution >= 4 is 26.0 Å². The normalized spacial score (nSPS) is 13.1. The molecule has 0 spiro atoms. The molecule has 0 saturated carbocycles. The number of carbonyl (C=O) groups excluding carboxylic acids is 3. The summed E-state index contributed by atoms with van der Waals surface area (Å²) in [6, 6.07) is 10.0. The Bertz CT molecular complexity index is 1370. The third kappa shape index (κ3) is 22.3.